The van der Waals surface area contributed by atoms with E-state index in [1.165, 1.54) is 11.1 Å². The van der Waals surface area contributed by atoms with Crippen molar-refractivity contribution in [3.8, 4) is 6.07 Å². The summed E-state index contributed by atoms with van der Waals surface area (Å²) in [5.41, 5.74) is 2.13. The van der Waals surface area contributed by atoms with Crippen LogP contribution in [0.2, 0.25) is 0 Å². The van der Waals surface area contributed by atoms with Crippen LogP contribution >= 0.6 is 11.8 Å². The van der Waals surface area contributed by atoms with E-state index in [9.17, 15) is 19.6 Å². The van der Waals surface area contributed by atoms with Crippen LogP contribution < -0.4 is 10.2 Å². The number of carbonyl (C=O) groups excluding carboxylic acids is 3. The molecule has 12 heteroatoms. The van der Waals surface area contributed by atoms with Crippen LogP contribution in [-0.2, 0) is 27.2 Å². The Kier molecular flexibility index (Phi) is 7.87. The van der Waals surface area contributed by atoms with Gasteiger partial charge in [0.2, 0.25) is 5.91 Å². The highest BCUT2D eigenvalue weighted by atomic mass is 32.2. The Morgan fingerprint density at radius 2 is 2.21 bits per heavy atom. The van der Waals surface area contributed by atoms with Gasteiger partial charge in [0.05, 0.1) is 18.3 Å². The topological polar surface area (TPSA) is 138 Å². The fourth-order valence-corrected chi connectivity index (χ4v) is 6.02. The lowest BCUT2D eigenvalue weighted by Crippen LogP contribution is -2.42. The van der Waals surface area contributed by atoms with Crippen LogP contribution in [0.25, 0.3) is 0 Å². The molecule has 2 aromatic heterocycles. The van der Waals surface area contributed by atoms with Crippen LogP contribution in [0.1, 0.15) is 46.9 Å². The van der Waals surface area contributed by atoms with E-state index in [0.717, 1.165) is 23.3 Å². The molecule has 0 spiro atoms. The normalized spacial score (nSPS) is 21.1. The van der Waals surface area contributed by atoms with E-state index in [4.69, 9.17) is 9.47 Å². The number of aromatic nitrogens is 2. The second kappa shape index (κ2) is 11.5. The summed E-state index contributed by atoms with van der Waals surface area (Å²) in [6.45, 7) is 4.32. The maximum atomic E-state index is 13.3. The van der Waals surface area contributed by atoms with E-state index < -0.39 is 6.03 Å². The predicted octanol–water partition coefficient (Wildman–Crippen LogP) is 2.77. The molecule has 0 bridgehead atoms. The molecule has 0 radical (unpaired) electrons. The Morgan fingerprint density at radius 3 is 2.95 bits per heavy atom. The lowest BCUT2D eigenvalue weighted by atomic mass is 10.0. The number of ether oxygens (including phenoxy) is 2. The predicted molar refractivity (Wildman–Crippen MR) is 139 cm³/mol. The van der Waals surface area contributed by atoms with Gasteiger partial charge >= 0.3 is 6.03 Å². The summed E-state index contributed by atoms with van der Waals surface area (Å²) in [4.78, 5) is 50.1. The first kappa shape index (κ1) is 26.1. The summed E-state index contributed by atoms with van der Waals surface area (Å²) >= 11 is 1.56. The van der Waals surface area contributed by atoms with E-state index in [-0.39, 0.29) is 36.1 Å². The van der Waals surface area contributed by atoms with Crippen molar-refractivity contribution in [2.45, 2.75) is 49.0 Å². The maximum Gasteiger partial charge on any atom is 0.328 e. The summed E-state index contributed by atoms with van der Waals surface area (Å²) in [6.07, 6.45) is 4.51. The number of anilines is 2. The Morgan fingerprint density at radius 1 is 1.34 bits per heavy atom. The molecule has 2 aromatic rings. The van der Waals surface area contributed by atoms with E-state index in [0.29, 0.717) is 61.8 Å². The molecule has 11 nitrogen and oxygen atoms in total. The first-order chi connectivity index (χ1) is 18.5. The first-order valence-electron chi connectivity index (χ1n) is 12.6. The fraction of sp³-hybridized carbons (Fsp3) is 0.462. The van der Waals surface area contributed by atoms with Crippen molar-refractivity contribution < 1.29 is 23.9 Å². The molecule has 2 atom stereocenters. The van der Waals surface area contributed by atoms with Gasteiger partial charge in [0, 0.05) is 48.1 Å². The monoisotopic (exact) mass is 536 g/mol. The van der Waals surface area contributed by atoms with Gasteiger partial charge in [-0.2, -0.15) is 5.26 Å². The van der Waals surface area contributed by atoms with Gasteiger partial charge in [-0.1, -0.05) is 0 Å². The van der Waals surface area contributed by atoms with E-state index in [1.807, 2.05) is 13.0 Å². The number of morpholine rings is 1. The fourth-order valence-electron chi connectivity index (χ4n) is 4.80. The molecular formula is C26H28N6O5S. The van der Waals surface area contributed by atoms with Crippen molar-refractivity contribution in [3.05, 3.63) is 40.7 Å². The highest BCUT2D eigenvalue weighted by Gasteiger charge is 2.29. The van der Waals surface area contributed by atoms with Crippen molar-refractivity contribution in [1.82, 2.24) is 14.9 Å². The number of hydrogen-bond acceptors (Lipinski definition) is 9. The second-order valence-corrected chi connectivity index (χ2v) is 10.7. The molecule has 3 aliphatic rings. The molecule has 0 unspecified atom stereocenters. The molecule has 1 N–H and O–H groups in total. The third-order valence-electron chi connectivity index (χ3n) is 6.88. The standard InChI is InChI=1S/C26H28N6O5S/c1-16-21(4-7-37-16)38-22-10-23(28-12-19(22)11-27)30-26(35)32-5-2-3-17-9-18(20(14-33)29-25(17)32)13-31-6-8-36-15-24(31)34/h9-10,12,14,16,21H,2-8,13,15H2,1H3,(H,28,30,35)/t16-,21+/m1/s1. The molecule has 0 saturated carbocycles. The van der Waals surface area contributed by atoms with Gasteiger partial charge in [0.1, 0.15) is 30.0 Å². The number of aryl methyl sites for hydroxylation is 1. The largest absolute Gasteiger partial charge is 0.377 e. The highest BCUT2D eigenvalue weighted by molar-refractivity contribution is 8.00. The number of amides is 3. The van der Waals surface area contributed by atoms with Crippen molar-refractivity contribution >= 4 is 41.6 Å². The van der Waals surface area contributed by atoms with Crippen molar-refractivity contribution in [2.75, 3.05) is 43.1 Å². The minimum atomic E-state index is -0.419. The van der Waals surface area contributed by atoms with E-state index >= 15 is 0 Å². The van der Waals surface area contributed by atoms with Crippen LogP contribution in [0.4, 0.5) is 16.4 Å². The molecular weight excluding hydrogens is 508 g/mol. The number of aldehydes is 1. The summed E-state index contributed by atoms with van der Waals surface area (Å²) in [6, 6.07) is 5.33. The summed E-state index contributed by atoms with van der Waals surface area (Å²) in [5.74, 6) is 0.621. The van der Waals surface area contributed by atoms with Gasteiger partial charge in [-0.15, -0.1) is 11.8 Å². The zero-order valence-electron chi connectivity index (χ0n) is 21.0. The van der Waals surface area contributed by atoms with Crippen LogP contribution in [0.3, 0.4) is 0 Å². The van der Waals surface area contributed by atoms with Gasteiger partial charge in [-0.05, 0) is 43.9 Å². The number of carbonyl (C=O) groups is 3. The molecule has 3 aliphatic heterocycles. The second-order valence-electron chi connectivity index (χ2n) is 9.38. The lowest BCUT2D eigenvalue weighted by molar-refractivity contribution is -0.143. The van der Waals surface area contributed by atoms with Crippen LogP contribution in [0, 0.1) is 11.3 Å². The van der Waals surface area contributed by atoms with Gasteiger partial charge < -0.3 is 14.4 Å². The van der Waals surface area contributed by atoms with Crippen LogP contribution in [-0.4, -0.2) is 77.4 Å². The molecule has 0 aliphatic carbocycles. The molecule has 3 amide bonds. The van der Waals surface area contributed by atoms with Crippen molar-refractivity contribution in [3.63, 3.8) is 0 Å². The Hall–Kier alpha value is -3.53. The van der Waals surface area contributed by atoms with Gasteiger partial charge in [-0.3, -0.25) is 19.8 Å². The van der Waals surface area contributed by atoms with Gasteiger partial charge in [-0.25, -0.2) is 14.8 Å². The van der Waals surface area contributed by atoms with Crippen LogP contribution in [0.15, 0.2) is 23.2 Å². The first-order valence-corrected chi connectivity index (χ1v) is 13.4. The zero-order chi connectivity index (χ0) is 26.6. The molecule has 2 saturated heterocycles. The number of pyridine rings is 2. The third kappa shape index (κ3) is 5.50. The Labute approximate surface area is 224 Å². The zero-order valence-corrected chi connectivity index (χ0v) is 21.8. The molecule has 5 rings (SSSR count). The molecule has 198 valence electrons. The summed E-state index contributed by atoms with van der Waals surface area (Å²) in [7, 11) is 0. The van der Waals surface area contributed by atoms with Gasteiger partial charge in [0.25, 0.3) is 0 Å². The molecule has 5 heterocycles. The van der Waals surface area contributed by atoms with Crippen molar-refractivity contribution in [1.29, 1.82) is 5.26 Å². The minimum Gasteiger partial charge on any atom is -0.377 e. The lowest BCUT2D eigenvalue weighted by Gasteiger charge is -2.30. The number of fused-ring (bicyclic) bond motifs is 1. The number of hydrogen-bond donors (Lipinski definition) is 1. The van der Waals surface area contributed by atoms with Crippen molar-refractivity contribution in [2.24, 2.45) is 0 Å². The maximum absolute atomic E-state index is 13.3. The van der Waals surface area contributed by atoms with Gasteiger partial charge in [0.15, 0.2) is 6.29 Å². The molecule has 0 aromatic carbocycles. The molecule has 2 fully saturated rings. The number of nitrogens with one attached hydrogen (secondary N) is 1. The Balaban J connectivity index is 1.35. The van der Waals surface area contributed by atoms with E-state index in [1.54, 1.807) is 22.7 Å². The quantitative estimate of drug-likeness (QED) is 0.552. The third-order valence-corrected chi connectivity index (χ3v) is 8.40. The smallest absolute Gasteiger partial charge is 0.328 e. The number of nitriles is 1. The number of urea groups is 1. The summed E-state index contributed by atoms with van der Waals surface area (Å²) in [5, 5.41) is 12.6. The number of nitrogens with zero attached hydrogens (tertiary/aromatic N) is 5. The molecule has 38 heavy (non-hydrogen) atoms. The number of rotatable bonds is 6. The average molecular weight is 537 g/mol. The highest BCUT2D eigenvalue weighted by Crippen LogP contribution is 2.35. The average Bonchev–Trinajstić information content (AvgIpc) is 3.33. The van der Waals surface area contributed by atoms with Crippen LogP contribution in [0.5, 0.6) is 0 Å². The Bertz CT molecular complexity index is 1300. The SMILES string of the molecule is C[C@H]1OCC[C@@H]1Sc1cc(NC(=O)N2CCCc3cc(CN4CCOCC4=O)c(C=O)nc32)ncc1C#N. The number of thioether (sulfide) groups is 1. The minimum absolute atomic E-state index is 0.0276. The van der Waals surface area contributed by atoms with E-state index in [2.05, 4.69) is 21.4 Å². The summed E-state index contributed by atoms with van der Waals surface area (Å²) < 4.78 is 10.8.